The van der Waals surface area contributed by atoms with Crippen LogP contribution in [0.3, 0.4) is 0 Å². The molecule has 2 saturated heterocycles. The number of nitrogens with one attached hydrogen (secondary N) is 2. The number of benzene rings is 5. The quantitative estimate of drug-likeness (QED) is 0.108. The van der Waals surface area contributed by atoms with Gasteiger partial charge in [-0.25, -0.2) is 4.79 Å². The van der Waals surface area contributed by atoms with E-state index >= 15 is 0 Å². The molecule has 0 aromatic heterocycles. The molecule has 5 aromatic carbocycles. The number of rotatable bonds is 12. The van der Waals surface area contributed by atoms with Gasteiger partial charge in [0, 0.05) is 30.8 Å². The maximum absolute atomic E-state index is 13.1. The van der Waals surface area contributed by atoms with Gasteiger partial charge in [0.2, 0.25) is 0 Å². The summed E-state index contributed by atoms with van der Waals surface area (Å²) >= 11 is 0. The van der Waals surface area contributed by atoms with Gasteiger partial charge in [0.1, 0.15) is 23.1 Å². The number of ether oxygens (including phenoxy) is 4. The molecule has 3 N–H and O–H groups in total. The molecule has 2 aliphatic heterocycles. The summed E-state index contributed by atoms with van der Waals surface area (Å²) in [5.74, 6) is 1.23. The van der Waals surface area contributed by atoms with Crippen molar-refractivity contribution in [1.29, 1.82) is 0 Å². The number of urea groups is 1. The van der Waals surface area contributed by atoms with Crippen LogP contribution in [-0.2, 0) is 32.2 Å². The largest absolute Gasteiger partial charge is 0.459 e. The molecule has 10 heteroatoms. The molecule has 0 unspecified atom stereocenters. The van der Waals surface area contributed by atoms with Crippen molar-refractivity contribution in [1.82, 2.24) is 10.2 Å². The highest BCUT2D eigenvalue weighted by molar-refractivity contribution is 5.89. The van der Waals surface area contributed by atoms with Crippen LogP contribution in [0.4, 0.5) is 10.5 Å². The summed E-state index contributed by atoms with van der Waals surface area (Å²) in [5, 5.41) is 15.5. The minimum Gasteiger partial charge on any atom is -0.459 e. The highest BCUT2D eigenvalue weighted by Gasteiger charge is 2.39. The fourth-order valence-corrected chi connectivity index (χ4v) is 7.33. The molecule has 0 bridgehead atoms. The van der Waals surface area contributed by atoms with Crippen LogP contribution in [0.2, 0.25) is 0 Å². The average molecular weight is 770 g/mol. The normalized spacial score (nSPS) is 19.8. The lowest BCUT2D eigenvalue weighted by atomic mass is 9.97. The molecule has 4 atom stereocenters. The molecule has 2 heterocycles. The van der Waals surface area contributed by atoms with Crippen molar-refractivity contribution < 1.29 is 33.6 Å². The van der Waals surface area contributed by atoms with Crippen LogP contribution in [-0.4, -0.2) is 52.8 Å². The van der Waals surface area contributed by atoms with Crippen molar-refractivity contribution in [3.8, 4) is 22.6 Å². The van der Waals surface area contributed by atoms with Crippen molar-refractivity contribution in [3.63, 3.8) is 0 Å². The van der Waals surface area contributed by atoms with Gasteiger partial charge in [0.15, 0.2) is 6.29 Å². The number of carbonyl (C=O) groups is 2. The summed E-state index contributed by atoms with van der Waals surface area (Å²) in [4.78, 5) is 28.3. The third-order valence-electron chi connectivity index (χ3n) is 10.1. The second-order valence-electron chi connectivity index (χ2n) is 15.6. The maximum atomic E-state index is 13.1. The van der Waals surface area contributed by atoms with E-state index in [-0.39, 0.29) is 36.9 Å². The third kappa shape index (κ3) is 10.7. The standard InChI is InChI=1S/C47H51N3O7/c1-47(2,3)57-44(52)42-14-9-27-50(42)30-40-28-43(34-17-15-32(31-51)16-18-34)56-45(55-40)35-21-19-33(20-22-35)41-13-8-7-10-36(41)29-48-46(53)49-37-23-25-39(26-24-37)54-38-11-5-4-6-12-38/h4-8,10-13,15-26,40,42-43,45,51H,9,14,27-31H2,1-3H3,(H2,48,49,53)/t40-,42-,43+,45+/m0/s1. The van der Waals surface area contributed by atoms with Crippen LogP contribution in [0.5, 0.6) is 11.5 Å². The first kappa shape index (κ1) is 39.7. The van der Waals surface area contributed by atoms with Gasteiger partial charge in [0.05, 0.1) is 18.8 Å². The number of anilines is 1. The molecule has 57 heavy (non-hydrogen) atoms. The fourth-order valence-electron chi connectivity index (χ4n) is 7.33. The summed E-state index contributed by atoms with van der Waals surface area (Å²) in [6.07, 6.45) is 1.21. The Morgan fingerprint density at radius 3 is 2.21 bits per heavy atom. The number of nitrogens with zero attached hydrogens (tertiary/aromatic N) is 1. The van der Waals surface area contributed by atoms with Gasteiger partial charge in [0.25, 0.3) is 0 Å². The monoisotopic (exact) mass is 769 g/mol. The average Bonchev–Trinajstić information content (AvgIpc) is 3.69. The second-order valence-corrected chi connectivity index (χ2v) is 15.6. The van der Waals surface area contributed by atoms with Gasteiger partial charge in [-0.1, -0.05) is 91.0 Å². The van der Waals surface area contributed by atoms with Crippen LogP contribution in [0.1, 0.15) is 74.7 Å². The Morgan fingerprint density at radius 2 is 1.49 bits per heavy atom. The molecule has 5 aromatic rings. The van der Waals surface area contributed by atoms with Crippen molar-refractivity contribution in [2.24, 2.45) is 0 Å². The Kier molecular flexibility index (Phi) is 12.7. The fraction of sp³-hybridized carbons (Fsp3) is 0.319. The Labute approximate surface area is 334 Å². The summed E-state index contributed by atoms with van der Waals surface area (Å²) in [6.45, 7) is 7.37. The van der Waals surface area contributed by atoms with Gasteiger partial charge in [-0.3, -0.25) is 9.69 Å². The number of esters is 1. The molecular weight excluding hydrogens is 719 g/mol. The number of likely N-dealkylation sites (tertiary alicyclic amines) is 1. The Morgan fingerprint density at radius 1 is 0.807 bits per heavy atom. The van der Waals surface area contributed by atoms with E-state index in [1.54, 1.807) is 12.1 Å². The first-order chi connectivity index (χ1) is 27.6. The van der Waals surface area contributed by atoms with Gasteiger partial charge in [-0.05, 0) is 104 Å². The van der Waals surface area contributed by atoms with Gasteiger partial charge in [-0.2, -0.15) is 0 Å². The molecule has 2 aliphatic rings. The minimum atomic E-state index is -0.637. The van der Waals surface area contributed by atoms with Gasteiger partial charge >= 0.3 is 12.0 Å². The number of hydrogen-bond acceptors (Lipinski definition) is 8. The summed E-state index contributed by atoms with van der Waals surface area (Å²) in [5.41, 5.74) is 5.77. The number of hydrogen-bond donors (Lipinski definition) is 3. The number of para-hydroxylation sites is 1. The zero-order chi connectivity index (χ0) is 39.8. The predicted octanol–water partition coefficient (Wildman–Crippen LogP) is 9.31. The van der Waals surface area contributed by atoms with E-state index in [1.807, 2.05) is 136 Å². The van der Waals surface area contributed by atoms with E-state index in [9.17, 15) is 14.7 Å². The minimum absolute atomic E-state index is 0.0274. The van der Waals surface area contributed by atoms with E-state index in [4.69, 9.17) is 18.9 Å². The zero-order valence-electron chi connectivity index (χ0n) is 32.7. The highest BCUT2D eigenvalue weighted by Crippen LogP contribution is 2.39. The smallest absolute Gasteiger partial charge is 0.323 e. The van der Waals surface area contributed by atoms with Crippen LogP contribution in [0.25, 0.3) is 11.1 Å². The second kappa shape index (κ2) is 18.2. The molecule has 0 aliphatic carbocycles. The topological polar surface area (TPSA) is 119 Å². The lowest BCUT2D eigenvalue weighted by Gasteiger charge is -2.38. The van der Waals surface area contributed by atoms with Gasteiger partial charge in [-0.15, -0.1) is 0 Å². The first-order valence-electron chi connectivity index (χ1n) is 19.6. The molecule has 2 fully saturated rings. The van der Waals surface area contributed by atoms with Crippen molar-refractivity contribution in [2.75, 3.05) is 18.4 Å². The number of aliphatic hydroxyl groups is 1. The van der Waals surface area contributed by atoms with E-state index in [1.165, 1.54) is 0 Å². The van der Waals surface area contributed by atoms with Gasteiger partial charge < -0.3 is 34.7 Å². The highest BCUT2D eigenvalue weighted by atomic mass is 16.7. The molecule has 2 amide bonds. The lowest BCUT2D eigenvalue weighted by Crippen LogP contribution is -2.45. The van der Waals surface area contributed by atoms with Crippen LogP contribution < -0.4 is 15.4 Å². The molecule has 0 saturated carbocycles. The van der Waals surface area contributed by atoms with Crippen molar-refractivity contribution in [3.05, 3.63) is 150 Å². The molecular formula is C47H51N3O7. The Hall–Kier alpha value is -5.52. The van der Waals surface area contributed by atoms with Crippen molar-refractivity contribution >= 4 is 17.7 Å². The predicted molar refractivity (Wildman–Crippen MR) is 220 cm³/mol. The Bertz CT molecular complexity index is 2080. The number of carbonyl (C=O) groups excluding carboxylic acids is 2. The lowest BCUT2D eigenvalue weighted by molar-refractivity contribution is -0.253. The molecule has 0 radical (unpaired) electrons. The molecule has 7 rings (SSSR count). The van der Waals surface area contributed by atoms with E-state index in [0.717, 1.165) is 58.5 Å². The number of amides is 2. The zero-order valence-corrected chi connectivity index (χ0v) is 32.7. The molecule has 0 spiro atoms. The van der Waals surface area contributed by atoms with E-state index in [0.29, 0.717) is 30.9 Å². The van der Waals surface area contributed by atoms with E-state index in [2.05, 4.69) is 15.5 Å². The molecule has 296 valence electrons. The summed E-state index contributed by atoms with van der Waals surface area (Å²) in [7, 11) is 0. The number of aliphatic hydroxyl groups excluding tert-OH is 1. The van der Waals surface area contributed by atoms with Crippen molar-refractivity contribution in [2.45, 2.75) is 83.3 Å². The SMILES string of the molecule is CC(C)(C)OC(=O)[C@@H]1CCCN1C[C@@H]1C[C@H](c2ccc(CO)cc2)O[C@H](c2ccc(-c3ccccc3CNC(=O)Nc3ccc(Oc4ccccc4)cc3)cc2)O1. The van der Waals surface area contributed by atoms with Crippen LogP contribution in [0, 0.1) is 0 Å². The van der Waals surface area contributed by atoms with Crippen LogP contribution >= 0.6 is 0 Å². The molecule has 10 nitrogen and oxygen atoms in total. The maximum Gasteiger partial charge on any atom is 0.323 e. The third-order valence-corrected chi connectivity index (χ3v) is 10.1. The van der Waals surface area contributed by atoms with E-state index < -0.39 is 11.9 Å². The first-order valence-corrected chi connectivity index (χ1v) is 19.6. The van der Waals surface area contributed by atoms with Crippen LogP contribution in [0.15, 0.2) is 127 Å². The Balaban J connectivity index is 1.01. The summed E-state index contributed by atoms with van der Waals surface area (Å²) < 4.78 is 24.9. The summed E-state index contributed by atoms with van der Waals surface area (Å²) in [6, 6.07) is 40.1.